The summed E-state index contributed by atoms with van der Waals surface area (Å²) in [6, 6.07) is 9.41. The first-order valence-electron chi connectivity index (χ1n) is 7.08. The maximum Gasteiger partial charge on any atom is 0.251 e. The number of rotatable bonds is 3. The van der Waals surface area contributed by atoms with Crippen molar-refractivity contribution < 1.29 is 9.59 Å². The summed E-state index contributed by atoms with van der Waals surface area (Å²) < 4.78 is 0. The van der Waals surface area contributed by atoms with Crippen LogP contribution in [0.1, 0.15) is 16.8 Å². The molecule has 2 N–H and O–H groups in total. The van der Waals surface area contributed by atoms with E-state index in [0.717, 1.165) is 26.1 Å². The zero-order valence-corrected chi connectivity index (χ0v) is 11.3. The molecule has 0 unspecified atom stereocenters. The summed E-state index contributed by atoms with van der Waals surface area (Å²) in [5.41, 5.74) is 0.584. The van der Waals surface area contributed by atoms with Gasteiger partial charge in [0.05, 0.1) is 6.54 Å². The summed E-state index contributed by atoms with van der Waals surface area (Å²) in [4.78, 5) is 25.8. The first-order valence-corrected chi connectivity index (χ1v) is 7.08. The molecule has 2 atom stereocenters. The number of carbonyl (C=O) groups excluding carboxylic acids is 2. The van der Waals surface area contributed by atoms with Gasteiger partial charge in [-0.1, -0.05) is 18.2 Å². The lowest BCUT2D eigenvalue weighted by atomic mass is 10.1. The fraction of sp³-hybridized carbons (Fsp3) is 0.467. The van der Waals surface area contributed by atoms with Crippen LogP contribution in [0.2, 0.25) is 0 Å². The number of hydrogen-bond donors (Lipinski definition) is 2. The minimum Gasteiger partial charge on any atom is -0.343 e. The van der Waals surface area contributed by atoms with Crippen molar-refractivity contribution in [2.75, 3.05) is 26.2 Å². The minimum absolute atomic E-state index is 0.00508. The Balaban J connectivity index is 1.49. The second kappa shape index (κ2) is 5.63. The maximum atomic E-state index is 12.1. The molecular weight excluding hydrogens is 254 g/mol. The molecule has 2 saturated heterocycles. The number of amides is 2. The normalized spacial score (nSPS) is 24.5. The van der Waals surface area contributed by atoms with Gasteiger partial charge in [-0.15, -0.1) is 0 Å². The first-order chi connectivity index (χ1) is 9.74. The third-order valence-electron chi connectivity index (χ3n) is 4.15. The fourth-order valence-electron chi connectivity index (χ4n) is 3.01. The van der Waals surface area contributed by atoms with E-state index >= 15 is 0 Å². The van der Waals surface area contributed by atoms with E-state index in [4.69, 9.17) is 0 Å². The molecule has 0 aromatic heterocycles. The summed E-state index contributed by atoms with van der Waals surface area (Å²) in [6.45, 7) is 2.72. The van der Waals surface area contributed by atoms with Crippen LogP contribution in [-0.2, 0) is 4.79 Å². The van der Waals surface area contributed by atoms with Crippen molar-refractivity contribution >= 4 is 11.8 Å². The van der Waals surface area contributed by atoms with Crippen LogP contribution in [0, 0.1) is 5.92 Å². The zero-order valence-electron chi connectivity index (χ0n) is 11.3. The van der Waals surface area contributed by atoms with Crippen molar-refractivity contribution in [2.45, 2.75) is 12.5 Å². The van der Waals surface area contributed by atoms with Gasteiger partial charge in [0.15, 0.2) is 0 Å². The number of nitrogens with zero attached hydrogens (tertiary/aromatic N) is 1. The Morgan fingerprint density at radius 3 is 2.80 bits per heavy atom. The molecule has 0 radical (unpaired) electrons. The van der Waals surface area contributed by atoms with Gasteiger partial charge in [-0.25, -0.2) is 0 Å². The molecule has 0 bridgehead atoms. The number of likely N-dealkylation sites (tertiary alicyclic amines) is 1. The van der Waals surface area contributed by atoms with Crippen molar-refractivity contribution in [3.63, 3.8) is 0 Å². The SMILES string of the molecule is O=C(NCC(=O)N1C[C@@H]2CCN[C@@H]2C1)c1ccccc1. The second-order valence-electron chi connectivity index (χ2n) is 5.46. The third-order valence-corrected chi connectivity index (χ3v) is 4.15. The predicted molar refractivity (Wildman–Crippen MR) is 75.3 cm³/mol. The molecule has 2 aliphatic rings. The van der Waals surface area contributed by atoms with Crippen LogP contribution in [0.4, 0.5) is 0 Å². The lowest BCUT2D eigenvalue weighted by molar-refractivity contribution is -0.129. The van der Waals surface area contributed by atoms with Gasteiger partial charge in [0.25, 0.3) is 5.91 Å². The molecule has 2 fully saturated rings. The van der Waals surface area contributed by atoms with Crippen molar-refractivity contribution in [3.8, 4) is 0 Å². The van der Waals surface area contributed by atoms with Gasteiger partial charge >= 0.3 is 0 Å². The Bertz CT molecular complexity index is 491. The van der Waals surface area contributed by atoms with Gasteiger partial charge in [0.2, 0.25) is 5.91 Å². The van der Waals surface area contributed by atoms with E-state index in [9.17, 15) is 9.59 Å². The molecule has 2 amide bonds. The topological polar surface area (TPSA) is 61.4 Å². The van der Waals surface area contributed by atoms with Crippen LogP contribution in [0.3, 0.4) is 0 Å². The monoisotopic (exact) mass is 273 g/mol. The van der Waals surface area contributed by atoms with Gasteiger partial charge in [-0.3, -0.25) is 9.59 Å². The van der Waals surface area contributed by atoms with Crippen molar-refractivity contribution in [2.24, 2.45) is 5.92 Å². The van der Waals surface area contributed by atoms with Gasteiger partial charge in [-0.2, -0.15) is 0 Å². The highest BCUT2D eigenvalue weighted by Crippen LogP contribution is 2.24. The van der Waals surface area contributed by atoms with Crippen molar-refractivity contribution in [3.05, 3.63) is 35.9 Å². The molecule has 2 heterocycles. The fourth-order valence-corrected chi connectivity index (χ4v) is 3.01. The molecule has 2 aliphatic heterocycles. The molecule has 0 aliphatic carbocycles. The Morgan fingerprint density at radius 2 is 2.05 bits per heavy atom. The molecule has 0 spiro atoms. The van der Waals surface area contributed by atoms with Gasteiger partial charge in [0.1, 0.15) is 0 Å². The molecule has 1 aromatic carbocycles. The average molecular weight is 273 g/mol. The van der Waals surface area contributed by atoms with E-state index < -0.39 is 0 Å². The lowest BCUT2D eigenvalue weighted by Gasteiger charge is -2.17. The van der Waals surface area contributed by atoms with Crippen LogP contribution >= 0.6 is 0 Å². The number of hydrogen-bond acceptors (Lipinski definition) is 3. The number of nitrogens with one attached hydrogen (secondary N) is 2. The molecule has 106 valence electrons. The average Bonchev–Trinajstić information content (AvgIpc) is 3.06. The van der Waals surface area contributed by atoms with E-state index in [0.29, 0.717) is 17.5 Å². The number of fused-ring (bicyclic) bond motifs is 1. The smallest absolute Gasteiger partial charge is 0.251 e. The summed E-state index contributed by atoms with van der Waals surface area (Å²) in [6.07, 6.45) is 1.14. The van der Waals surface area contributed by atoms with Crippen molar-refractivity contribution in [1.29, 1.82) is 0 Å². The lowest BCUT2D eigenvalue weighted by Crippen LogP contribution is -2.40. The minimum atomic E-state index is -0.198. The highest BCUT2D eigenvalue weighted by atomic mass is 16.2. The van der Waals surface area contributed by atoms with Gasteiger partial charge in [-0.05, 0) is 31.0 Å². The van der Waals surface area contributed by atoms with E-state index in [1.165, 1.54) is 0 Å². The Hall–Kier alpha value is -1.88. The quantitative estimate of drug-likeness (QED) is 0.829. The van der Waals surface area contributed by atoms with E-state index in [-0.39, 0.29) is 18.4 Å². The largest absolute Gasteiger partial charge is 0.343 e. The molecular formula is C15H19N3O2. The molecule has 20 heavy (non-hydrogen) atoms. The van der Waals surface area contributed by atoms with Crippen LogP contribution in [-0.4, -0.2) is 48.9 Å². The summed E-state index contributed by atoms with van der Waals surface area (Å²) >= 11 is 0. The zero-order chi connectivity index (χ0) is 13.9. The molecule has 0 saturated carbocycles. The standard InChI is InChI=1S/C15H19N3O2/c19-14(18-9-12-6-7-16-13(12)10-18)8-17-15(20)11-4-2-1-3-5-11/h1-5,12-13,16H,6-10H2,(H,17,20)/t12-,13+/m0/s1. The van der Waals surface area contributed by atoms with E-state index in [2.05, 4.69) is 10.6 Å². The predicted octanol–water partition coefficient (Wildman–Crippen LogP) is 0.237. The Kier molecular flexibility index (Phi) is 3.69. The molecule has 1 aromatic rings. The Labute approximate surface area is 118 Å². The van der Waals surface area contributed by atoms with E-state index in [1.54, 1.807) is 12.1 Å². The molecule has 5 nitrogen and oxygen atoms in total. The molecule has 5 heteroatoms. The van der Waals surface area contributed by atoms with Crippen LogP contribution < -0.4 is 10.6 Å². The number of benzene rings is 1. The van der Waals surface area contributed by atoms with Gasteiger partial charge < -0.3 is 15.5 Å². The summed E-state index contributed by atoms with van der Waals surface area (Å²) in [7, 11) is 0. The highest BCUT2D eigenvalue weighted by Gasteiger charge is 2.37. The summed E-state index contributed by atoms with van der Waals surface area (Å²) in [5, 5.41) is 6.10. The maximum absolute atomic E-state index is 12.1. The molecule has 3 rings (SSSR count). The van der Waals surface area contributed by atoms with Crippen LogP contribution in [0.15, 0.2) is 30.3 Å². The van der Waals surface area contributed by atoms with E-state index in [1.807, 2.05) is 23.1 Å². The van der Waals surface area contributed by atoms with Crippen LogP contribution in [0.25, 0.3) is 0 Å². The Morgan fingerprint density at radius 1 is 1.25 bits per heavy atom. The summed E-state index contributed by atoms with van der Waals surface area (Å²) in [5.74, 6) is 0.394. The highest BCUT2D eigenvalue weighted by molar-refractivity contribution is 5.96. The van der Waals surface area contributed by atoms with Gasteiger partial charge in [0, 0.05) is 24.7 Å². The first kappa shape index (κ1) is 13.1. The third kappa shape index (κ3) is 2.67. The van der Waals surface area contributed by atoms with Crippen LogP contribution in [0.5, 0.6) is 0 Å². The second-order valence-corrected chi connectivity index (χ2v) is 5.46. The number of carbonyl (C=O) groups is 2. The van der Waals surface area contributed by atoms with Crippen molar-refractivity contribution in [1.82, 2.24) is 15.5 Å².